The van der Waals surface area contributed by atoms with Crippen LogP contribution in [0.1, 0.15) is 30.6 Å². The quantitative estimate of drug-likeness (QED) is 0.791. The van der Waals surface area contributed by atoms with E-state index in [1.54, 1.807) is 12.5 Å². The number of aromatic nitrogens is 3. The molecular formula is C18H19ClN4O. The summed E-state index contributed by atoms with van der Waals surface area (Å²) in [6.45, 7) is 3.43. The first kappa shape index (κ1) is 15.3. The molecule has 0 saturated heterocycles. The van der Waals surface area contributed by atoms with E-state index in [1.165, 1.54) is 11.3 Å². The van der Waals surface area contributed by atoms with E-state index in [0.717, 1.165) is 28.9 Å². The Morgan fingerprint density at radius 3 is 3.12 bits per heavy atom. The first-order valence-electron chi connectivity index (χ1n) is 8.16. The Labute approximate surface area is 145 Å². The van der Waals surface area contributed by atoms with Gasteiger partial charge in [-0.25, -0.2) is 4.98 Å². The molecule has 124 valence electrons. The number of fused-ring (bicyclic) bond motifs is 3. The van der Waals surface area contributed by atoms with Gasteiger partial charge in [0.05, 0.1) is 16.9 Å². The average molecular weight is 343 g/mol. The van der Waals surface area contributed by atoms with Crippen LogP contribution in [0, 0.1) is 0 Å². The number of H-pyrrole nitrogens is 1. The number of halogens is 1. The maximum atomic E-state index is 12.7. The molecule has 3 aromatic rings. The molecule has 1 atom stereocenters. The van der Waals surface area contributed by atoms with Crippen LogP contribution in [-0.2, 0) is 17.8 Å². The van der Waals surface area contributed by atoms with E-state index in [9.17, 15) is 4.79 Å². The number of rotatable bonds is 3. The smallest absolute Gasteiger partial charge is 0.224 e. The monoisotopic (exact) mass is 342 g/mol. The van der Waals surface area contributed by atoms with Crippen molar-refractivity contribution in [2.45, 2.75) is 32.4 Å². The number of imidazole rings is 1. The van der Waals surface area contributed by atoms with Crippen LogP contribution in [0.4, 0.5) is 0 Å². The Hall–Kier alpha value is -2.27. The van der Waals surface area contributed by atoms with Crippen LogP contribution in [-0.4, -0.2) is 31.9 Å². The number of nitrogens with zero attached hydrogens (tertiary/aromatic N) is 3. The number of carbonyl (C=O) groups excluding carboxylic acids is 1. The van der Waals surface area contributed by atoms with Crippen LogP contribution < -0.4 is 0 Å². The van der Waals surface area contributed by atoms with Crippen LogP contribution in [0.2, 0.25) is 5.02 Å². The lowest BCUT2D eigenvalue weighted by Crippen LogP contribution is -2.36. The van der Waals surface area contributed by atoms with Gasteiger partial charge >= 0.3 is 0 Å². The molecule has 1 N–H and O–H groups in total. The molecule has 0 aliphatic carbocycles. The summed E-state index contributed by atoms with van der Waals surface area (Å²) >= 11 is 6.28. The van der Waals surface area contributed by atoms with Gasteiger partial charge in [0.2, 0.25) is 5.91 Å². The van der Waals surface area contributed by atoms with Crippen molar-refractivity contribution < 1.29 is 4.79 Å². The van der Waals surface area contributed by atoms with Crippen molar-refractivity contribution in [3.63, 3.8) is 0 Å². The van der Waals surface area contributed by atoms with Crippen LogP contribution >= 0.6 is 11.6 Å². The highest BCUT2D eigenvalue weighted by molar-refractivity contribution is 6.35. The lowest BCUT2D eigenvalue weighted by atomic mass is 10.0. The predicted molar refractivity (Wildman–Crippen MR) is 94.0 cm³/mol. The molecule has 6 heteroatoms. The van der Waals surface area contributed by atoms with Gasteiger partial charge in [-0.05, 0) is 13.0 Å². The van der Waals surface area contributed by atoms with E-state index in [0.29, 0.717) is 13.0 Å². The number of hydrogen-bond donors (Lipinski definition) is 1. The van der Waals surface area contributed by atoms with Gasteiger partial charge in [0.1, 0.15) is 0 Å². The Kier molecular flexibility index (Phi) is 3.81. The van der Waals surface area contributed by atoms with Crippen molar-refractivity contribution in [1.82, 2.24) is 19.4 Å². The van der Waals surface area contributed by atoms with Gasteiger partial charge in [0, 0.05) is 61.0 Å². The predicted octanol–water partition coefficient (Wildman–Crippen LogP) is 3.55. The van der Waals surface area contributed by atoms with Gasteiger partial charge in [-0.2, -0.15) is 0 Å². The zero-order valence-electron chi connectivity index (χ0n) is 13.5. The van der Waals surface area contributed by atoms with Crippen molar-refractivity contribution in [3.8, 4) is 0 Å². The Bertz CT molecular complexity index is 884. The fraction of sp³-hybridized carbons (Fsp3) is 0.333. The normalized spacial score (nSPS) is 15.5. The van der Waals surface area contributed by atoms with E-state index in [1.807, 2.05) is 34.7 Å². The van der Waals surface area contributed by atoms with Crippen molar-refractivity contribution in [3.05, 3.63) is 53.2 Å². The summed E-state index contributed by atoms with van der Waals surface area (Å²) < 4.78 is 1.97. The maximum Gasteiger partial charge on any atom is 0.224 e. The molecule has 1 aliphatic heterocycles. The highest BCUT2D eigenvalue weighted by Gasteiger charge is 2.25. The van der Waals surface area contributed by atoms with Crippen LogP contribution in [0.25, 0.3) is 10.9 Å². The number of amides is 1. The lowest BCUT2D eigenvalue weighted by Gasteiger charge is -2.28. The van der Waals surface area contributed by atoms with Crippen LogP contribution in [0.5, 0.6) is 0 Å². The fourth-order valence-electron chi connectivity index (χ4n) is 3.43. The standard InChI is InChI=1S/C18H19ClN4O/c1-12(23-8-6-20-11-23)9-17(24)22-7-5-16-14(10-22)13-3-2-4-15(19)18(13)21-16/h2-4,6,8,11-12,21H,5,7,9-10H2,1H3/t12-/m1/s1. The molecule has 0 spiro atoms. The minimum Gasteiger partial charge on any atom is -0.357 e. The van der Waals surface area contributed by atoms with Gasteiger partial charge in [-0.1, -0.05) is 23.7 Å². The number of benzene rings is 1. The molecule has 0 saturated carbocycles. The minimum atomic E-state index is 0.110. The Balaban J connectivity index is 1.54. The molecule has 0 unspecified atom stereocenters. The molecular weight excluding hydrogens is 324 g/mol. The van der Waals surface area contributed by atoms with Gasteiger partial charge in [-0.3, -0.25) is 4.79 Å². The van der Waals surface area contributed by atoms with E-state index < -0.39 is 0 Å². The first-order valence-corrected chi connectivity index (χ1v) is 8.54. The number of carbonyl (C=O) groups is 1. The molecule has 0 bridgehead atoms. The number of aromatic amines is 1. The first-order chi connectivity index (χ1) is 11.6. The van der Waals surface area contributed by atoms with Crippen molar-refractivity contribution in [2.24, 2.45) is 0 Å². The van der Waals surface area contributed by atoms with Crippen molar-refractivity contribution in [2.75, 3.05) is 6.54 Å². The number of hydrogen-bond acceptors (Lipinski definition) is 2. The number of para-hydroxylation sites is 1. The van der Waals surface area contributed by atoms with E-state index in [4.69, 9.17) is 11.6 Å². The number of nitrogens with one attached hydrogen (secondary N) is 1. The van der Waals surface area contributed by atoms with E-state index in [-0.39, 0.29) is 11.9 Å². The van der Waals surface area contributed by atoms with Gasteiger partial charge in [-0.15, -0.1) is 0 Å². The van der Waals surface area contributed by atoms with E-state index >= 15 is 0 Å². The summed E-state index contributed by atoms with van der Waals surface area (Å²) in [4.78, 5) is 22.1. The summed E-state index contributed by atoms with van der Waals surface area (Å²) in [6, 6.07) is 6.03. The molecule has 1 amide bonds. The third kappa shape index (κ3) is 2.59. The van der Waals surface area contributed by atoms with Crippen molar-refractivity contribution >= 4 is 28.4 Å². The third-order valence-electron chi connectivity index (χ3n) is 4.82. The molecule has 4 rings (SSSR count). The topological polar surface area (TPSA) is 53.9 Å². The lowest BCUT2D eigenvalue weighted by molar-refractivity contribution is -0.132. The third-order valence-corrected chi connectivity index (χ3v) is 5.13. The second kappa shape index (κ2) is 5.98. The molecule has 1 aliphatic rings. The summed E-state index contributed by atoms with van der Waals surface area (Å²) in [6.07, 6.45) is 6.71. The molecule has 3 heterocycles. The summed E-state index contributed by atoms with van der Waals surface area (Å²) in [5.74, 6) is 0.179. The Morgan fingerprint density at radius 2 is 2.33 bits per heavy atom. The zero-order valence-corrected chi connectivity index (χ0v) is 14.3. The maximum absolute atomic E-state index is 12.7. The highest BCUT2D eigenvalue weighted by Crippen LogP contribution is 2.32. The van der Waals surface area contributed by atoms with E-state index in [2.05, 4.69) is 16.0 Å². The average Bonchev–Trinajstić information content (AvgIpc) is 3.23. The molecule has 1 aromatic carbocycles. The van der Waals surface area contributed by atoms with Crippen LogP contribution in [0.3, 0.4) is 0 Å². The van der Waals surface area contributed by atoms with Crippen molar-refractivity contribution in [1.29, 1.82) is 0 Å². The Morgan fingerprint density at radius 1 is 1.46 bits per heavy atom. The molecule has 5 nitrogen and oxygen atoms in total. The second-order valence-electron chi connectivity index (χ2n) is 6.37. The summed E-state index contributed by atoms with van der Waals surface area (Å²) in [5.41, 5.74) is 3.37. The summed E-state index contributed by atoms with van der Waals surface area (Å²) in [7, 11) is 0. The zero-order chi connectivity index (χ0) is 16.7. The van der Waals surface area contributed by atoms with Gasteiger partial charge in [0.25, 0.3) is 0 Å². The molecule has 0 fully saturated rings. The molecule has 24 heavy (non-hydrogen) atoms. The SMILES string of the molecule is C[C@H](CC(=O)N1CCc2[nH]c3c(Cl)cccc3c2C1)n1ccnc1. The van der Waals surface area contributed by atoms with Gasteiger partial charge < -0.3 is 14.5 Å². The molecule has 0 radical (unpaired) electrons. The fourth-order valence-corrected chi connectivity index (χ4v) is 3.65. The minimum absolute atomic E-state index is 0.110. The van der Waals surface area contributed by atoms with Gasteiger partial charge in [0.15, 0.2) is 0 Å². The largest absolute Gasteiger partial charge is 0.357 e. The summed E-state index contributed by atoms with van der Waals surface area (Å²) in [5, 5.41) is 1.85. The highest BCUT2D eigenvalue weighted by atomic mass is 35.5. The van der Waals surface area contributed by atoms with Crippen LogP contribution in [0.15, 0.2) is 36.9 Å². The molecule has 2 aromatic heterocycles. The second-order valence-corrected chi connectivity index (χ2v) is 6.78.